The Bertz CT molecular complexity index is 691. The summed E-state index contributed by atoms with van der Waals surface area (Å²) < 4.78 is 7.80. The van der Waals surface area contributed by atoms with Gasteiger partial charge < -0.3 is 10.1 Å². The number of hydrogen-bond donors (Lipinski definition) is 2. The number of rotatable bonds is 8. The minimum absolute atomic E-state index is 0.0209. The third-order valence-corrected chi connectivity index (χ3v) is 3.63. The number of carbonyl (C=O) groups excluding carboxylic acids is 1. The highest BCUT2D eigenvalue weighted by molar-refractivity contribution is 7.71. The first kappa shape index (κ1) is 17.2. The van der Waals surface area contributed by atoms with Gasteiger partial charge in [-0.1, -0.05) is 6.92 Å². The van der Waals surface area contributed by atoms with Gasteiger partial charge in [0.1, 0.15) is 5.75 Å². The molecule has 0 aliphatic carbocycles. The van der Waals surface area contributed by atoms with Crippen LogP contribution in [0, 0.1) is 4.77 Å². The van der Waals surface area contributed by atoms with E-state index in [-0.39, 0.29) is 5.91 Å². The molecule has 0 unspecified atom stereocenters. The topological polar surface area (TPSA) is 71.9 Å². The van der Waals surface area contributed by atoms with Crippen LogP contribution in [0.25, 0.3) is 11.4 Å². The lowest BCUT2D eigenvalue weighted by molar-refractivity contribution is -0.121. The summed E-state index contributed by atoms with van der Waals surface area (Å²) in [5.41, 5.74) is 0.926. The molecular formula is C16H22N4O2S. The van der Waals surface area contributed by atoms with Crippen LogP contribution >= 0.6 is 12.2 Å². The van der Waals surface area contributed by atoms with E-state index in [1.807, 2.05) is 42.7 Å². The second kappa shape index (κ2) is 8.47. The van der Waals surface area contributed by atoms with Crippen LogP contribution in [0.2, 0.25) is 0 Å². The van der Waals surface area contributed by atoms with E-state index in [1.54, 1.807) is 0 Å². The van der Waals surface area contributed by atoms with Crippen LogP contribution in [0.4, 0.5) is 0 Å². The Kier molecular flexibility index (Phi) is 6.34. The average molecular weight is 334 g/mol. The third kappa shape index (κ3) is 4.66. The molecule has 0 fully saturated rings. The molecule has 2 N–H and O–H groups in total. The molecule has 6 nitrogen and oxygen atoms in total. The fourth-order valence-corrected chi connectivity index (χ4v) is 2.40. The molecule has 1 amide bonds. The zero-order valence-corrected chi connectivity index (χ0v) is 14.3. The summed E-state index contributed by atoms with van der Waals surface area (Å²) in [7, 11) is 0. The lowest BCUT2D eigenvalue weighted by Gasteiger charge is -2.08. The zero-order chi connectivity index (χ0) is 16.7. The molecule has 1 heterocycles. The minimum Gasteiger partial charge on any atom is -0.494 e. The van der Waals surface area contributed by atoms with Crippen LogP contribution in [0.3, 0.4) is 0 Å². The summed E-state index contributed by atoms with van der Waals surface area (Å²) in [4.78, 5) is 11.8. The maximum atomic E-state index is 11.8. The molecule has 124 valence electrons. The number of ether oxygens (including phenoxy) is 1. The average Bonchev–Trinajstić information content (AvgIpc) is 2.93. The predicted molar refractivity (Wildman–Crippen MR) is 91.9 cm³/mol. The highest BCUT2D eigenvalue weighted by atomic mass is 32.1. The van der Waals surface area contributed by atoms with Gasteiger partial charge in [-0.2, -0.15) is 5.10 Å². The van der Waals surface area contributed by atoms with Gasteiger partial charge in [-0.15, -0.1) is 0 Å². The highest BCUT2D eigenvalue weighted by Crippen LogP contribution is 2.21. The number of aromatic amines is 1. The van der Waals surface area contributed by atoms with Crippen molar-refractivity contribution in [1.29, 1.82) is 0 Å². The molecule has 1 aromatic carbocycles. The number of amides is 1. The van der Waals surface area contributed by atoms with E-state index >= 15 is 0 Å². The van der Waals surface area contributed by atoms with Crippen molar-refractivity contribution in [3.63, 3.8) is 0 Å². The van der Waals surface area contributed by atoms with Gasteiger partial charge in [0, 0.05) is 25.1 Å². The van der Waals surface area contributed by atoms with Crippen LogP contribution in [-0.4, -0.2) is 33.8 Å². The number of carbonyl (C=O) groups is 1. The number of nitrogens with zero attached hydrogens (tertiary/aromatic N) is 2. The Morgan fingerprint density at radius 3 is 2.74 bits per heavy atom. The van der Waals surface area contributed by atoms with Crippen molar-refractivity contribution >= 4 is 18.1 Å². The first-order valence-electron chi connectivity index (χ1n) is 7.80. The Labute approximate surface area is 140 Å². The molecule has 0 aliphatic heterocycles. The first-order valence-corrected chi connectivity index (χ1v) is 8.21. The van der Waals surface area contributed by atoms with Crippen LogP contribution in [0.1, 0.15) is 26.7 Å². The molecule has 2 aromatic rings. The van der Waals surface area contributed by atoms with E-state index in [0.717, 1.165) is 23.6 Å². The summed E-state index contributed by atoms with van der Waals surface area (Å²) >= 11 is 5.27. The van der Waals surface area contributed by atoms with E-state index in [1.165, 1.54) is 0 Å². The molecular weight excluding hydrogens is 312 g/mol. The van der Waals surface area contributed by atoms with Gasteiger partial charge in [0.05, 0.1) is 6.61 Å². The smallest absolute Gasteiger partial charge is 0.221 e. The SMILES string of the molecule is CCCNC(=O)CCn1c(-c2ccc(OCC)cc2)n[nH]c1=S. The molecule has 0 aliphatic rings. The Morgan fingerprint density at radius 1 is 1.35 bits per heavy atom. The van der Waals surface area contributed by atoms with E-state index in [0.29, 0.717) is 30.9 Å². The molecule has 2 rings (SSSR count). The van der Waals surface area contributed by atoms with Crippen LogP contribution < -0.4 is 10.1 Å². The molecule has 0 spiro atoms. The summed E-state index contributed by atoms with van der Waals surface area (Å²) in [5.74, 6) is 1.56. The highest BCUT2D eigenvalue weighted by Gasteiger charge is 2.10. The summed E-state index contributed by atoms with van der Waals surface area (Å²) in [6.45, 7) is 5.79. The first-order chi connectivity index (χ1) is 11.2. The van der Waals surface area contributed by atoms with Gasteiger partial charge in [0.25, 0.3) is 0 Å². The maximum absolute atomic E-state index is 11.8. The summed E-state index contributed by atoms with van der Waals surface area (Å²) in [5, 5.41) is 9.93. The fraction of sp³-hybridized carbons (Fsp3) is 0.438. The van der Waals surface area contributed by atoms with Crippen molar-refractivity contribution in [1.82, 2.24) is 20.1 Å². The lowest BCUT2D eigenvalue weighted by Crippen LogP contribution is -2.25. The minimum atomic E-state index is 0.0209. The molecule has 1 aromatic heterocycles. The summed E-state index contributed by atoms with van der Waals surface area (Å²) in [6, 6.07) is 7.66. The molecule has 0 radical (unpaired) electrons. The summed E-state index contributed by atoms with van der Waals surface area (Å²) in [6.07, 6.45) is 1.30. The van der Waals surface area contributed by atoms with Crippen LogP contribution in [-0.2, 0) is 11.3 Å². The maximum Gasteiger partial charge on any atom is 0.221 e. The fourth-order valence-electron chi connectivity index (χ4n) is 2.18. The van der Waals surface area contributed by atoms with Crippen molar-refractivity contribution < 1.29 is 9.53 Å². The quantitative estimate of drug-likeness (QED) is 0.728. The van der Waals surface area contributed by atoms with Crippen LogP contribution in [0.15, 0.2) is 24.3 Å². The van der Waals surface area contributed by atoms with Crippen molar-refractivity contribution in [2.24, 2.45) is 0 Å². The van der Waals surface area contributed by atoms with Crippen molar-refractivity contribution in [2.45, 2.75) is 33.2 Å². The normalized spacial score (nSPS) is 10.5. The predicted octanol–water partition coefficient (Wildman–Crippen LogP) is 2.92. The standard InChI is InChI=1S/C16H22N4O2S/c1-3-10-17-14(21)9-11-20-15(18-19-16(20)23)12-5-7-13(8-6-12)22-4-2/h5-8H,3-4,9-11H2,1-2H3,(H,17,21)(H,19,23). The van der Waals surface area contributed by atoms with E-state index in [2.05, 4.69) is 15.5 Å². The van der Waals surface area contributed by atoms with Crippen LogP contribution in [0.5, 0.6) is 5.75 Å². The number of H-pyrrole nitrogens is 1. The number of nitrogens with one attached hydrogen (secondary N) is 2. The Hall–Kier alpha value is -2.15. The molecule has 0 saturated carbocycles. The van der Waals surface area contributed by atoms with E-state index in [4.69, 9.17) is 17.0 Å². The van der Waals surface area contributed by atoms with Gasteiger partial charge in [-0.3, -0.25) is 14.5 Å². The second-order valence-electron chi connectivity index (χ2n) is 5.06. The Morgan fingerprint density at radius 2 is 2.09 bits per heavy atom. The van der Waals surface area contributed by atoms with E-state index in [9.17, 15) is 4.79 Å². The largest absolute Gasteiger partial charge is 0.494 e. The van der Waals surface area contributed by atoms with Gasteiger partial charge in [-0.05, 0) is 49.8 Å². The van der Waals surface area contributed by atoms with Gasteiger partial charge in [0.2, 0.25) is 5.91 Å². The third-order valence-electron chi connectivity index (χ3n) is 3.32. The molecule has 0 bridgehead atoms. The number of aromatic nitrogens is 3. The van der Waals surface area contributed by atoms with Gasteiger partial charge >= 0.3 is 0 Å². The van der Waals surface area contributed by atoms with E-state index < -0.39 is 0 Å². The molecule has 0 saturated heterocycles. The van der Waals surface area contributed by atoms with Crippen molar-refractivity contribution in [3.05, 3.63) is 29.0 Å². The lowest BCUT2D eigenvalue weighted by atomic mass is 10.2. The van der Waals surface area contributed by atoms with Crippen molar-refractivity contribution in [3.8, 4) is 17.1 Å². The zero-order valence-electron chi connectivity index (χ0n) is 13.5. The molecule has 7 heteroatoms. The second-order valence-corrected chi connectivity index (χ2v) is 5.45. The van der Waals surface area contributed by atoms with Gasteiger partial charge in [0.15, 0.2) is 10.6 Å². The molecule has 23 heavy (non-hydrogen) atoms. The Balaban J connectivity index is 2.11. The number of benzene rings is 1. The number of hydrogen-bond acceptors (Lipinski definition) is 4. The monoisotopic (exact) mass is 334 g/mol. The molecule has 0 atom stereocenters. The van der Waals surface area contributed by atoms with Gasteiger partial charge in [-0.25, -0.2) is 0 Å². The van der Waals surface area contributed by atoms with Crippen molar-refractivity contribution in [2.75, 3.05) is 13.2 Å².